The second kappa shape index (κ2) is 4.04. The van der Waals surface area contributed by atoms with Gasteiger partial charge in [0.25, 0.3) is 0 Å². The average molecular weight is 303 g/mol. The Hall–Kier alpha value is -0.540. The van der Waals surface area contributed by atoms with Gasteiger partial charge in [0, 0.05) is 10.4 Å². The van der Waals surface area contributed by atoms with Gasteiger partial charge in [0.1, 0.15) is 0 Å². The highest BCUT2D eigenvalue weighted by Gasteiger charge is 2.50. The zero-order chi connectivity index (χ0) is 11.9. The molecule has 0 spiro atoms. The Morgan fingerprint density at radius 2 is 2.19 bits per heavy atom. The smallest absolute Gasteiger partial charge is 0.228 e. The van der Waals surface area contributed by atoms with Gasteiger partial charge in [-0.3, -0.25) is 4.79 Å². The molecular formula is C12H13BrClNO. The van der Waals surface area contributed by atoms with Gasteiger partial charge >= 0.3 is 0 Å². The number of benzene rings is 1. The molecule has 1 fully saturated rings. The Kier molecular flexibility index (Phi) is 3.01. The third-order valence-corrected chi connectivity index (χ3v) is 3.84. The Bertz CT molecular complexity index is 445. The van der Waals surface area contributed by atoms with Gasteiger partial charge in [-0.1, -0.05) is 41.4 Å². The summed E-state index contributed by atoms with van der Waals surface area (Å²) in [6.07, 6.45) is 0.949. The van der Waals surface area contributed by atoms with E-state index in [2.05, 4.69) is 35.1 Å². The maximum Gasteiger partial charge on any atom is 0.228 e. The summed E-state index contributed by atoms with van der Waals surface area (Å²) in [7, 11) is 0. The predicted octanol–water partition coefficient (Wildman–Crippen LogP) is 4.09. The standard InChI is InChI=1S/C12H13BrClNO/c1-12(2)6-8(12)11(16)15-10-5-7(13)3-4-9(10)14/h3-5,8H,6H2,1-2H3,(H,15,16). The number of nitrogens with one attached hydrogen (secondary N) is 1. The number of halogens is 2. The van der Waals surface area contributed by atoms with Crippen LogP contribution < -0.4 is 5.32 Å². The van der Waals surface area contributed by atoms with Gasteiger partial charge < -0.3 is 5.32 Å². The number of rotatable bonds is 2. The first-order chi connectivity index (χ1) is 7.40. The van der Waals surface area contributed by atoms with Gasteiger partial charge in [-0.2, -0.15) is 0 Å². The lowest BCUT2D eigenvalue weighted by Gasteiger charge is -2.08. The van der Waals surface area contributed by atoms with E-state index in [1.54, 1.807) is 6.07 Å². The molecule has 0 bridgehead atoms. The average Bonchev–Trinajstić information content (AvgIpc) is 2.82. The van der Waals surface area contributed by atoms with E-state index in [9.17, 15) is 4.79 Å². The van der Waals surface area contributed by atoms with Crippen LogP contribution in [-0.4, -0.2) is 5.91 Å². The third kappa shape index (κ3) is 2.41. The molecule has 4 heteroatoms. The molecule has 1 amide bonds. The van der Waals surface area contributed by atoms with Gasteiger partial charge in [0.2, 0.25) is 5.91 Å². The van der Waals surface area contributed by atoms with Crippen LogP contribution >= 0.6 is 27.5 Å². The lowest BCUT2D eigenvalue weighted by Crippen LogP contribution is -2.16. The molecule has 1 aliphatic carbocycles. The first-order valence-electron chi connectivity index (χ1n) is 5.16. The number of amides is 1. The van der Waals surface area contributed by atoms with Gasteiger partial charge in [-0.05, 0) is 30.0 Å². The van der Waals surface area contributed by atoms with E-state index in [-0.39, 0.29) is 17.2 Å². The maximum atomic E-state index is 11.9. The Balaban J connectivity index is 2.10. The van der Waals surface area contributed by atoms with Crippen molar-refractivity contribution in [2.75, 3.05) is 5.32 Å². The van der Waals surface area contributed by atoms with E-state index < -0.39 is 0 Å². The molecule has 0 aliphatic heterocycles. The van der Waals surface area contributed by atoms with E-state index in [1.807, 2.05) is 12.1 Å². The molecular weight excluding hydrogens is 289 g/mol. The van der Waals surface area contributed by atoms with Crippen molar-refractivity contribution in [1.82, 2.24) is 0 Å². The molecule has 1 aliphatic rings. The summed E-state index contributed by atoms with van der Waals surface area (Å²) in [6.45, 7) is 4.19. The van der Waals surface area contributed by atoms with Crippen molar-refractivity contribution < 1.29 is 4.79 Å². The summed E-state index contributed by atoms with van der Waals surface area (Å²) in [4.78, 5) is 11.9. The van der Waals surface area contributed by atoms with Crippen LogP contribution in [-0.2, 0) is 4.79 Å². The van der Waals surface area contributed by atoms with E-state index >= 15 is 0 Å². The number of hydrogen-bond acceptors (Lipinski definition) is 1. The Morgan fingerprint density at radius 1 is 1.56 bits per heavy atom. The normalized spacial score (nSPS) is 21.6. The van der Waals surface area contributed by atoms with Crippen LogP contribution in [0.3, 0.4) is 0 Å². The number of carbonyl (C=O) groups is 1. The summed E-state index contributed by atoms with van der Waals surface area (Å²) < 4.78 is 0.905. The third-order valence-electron chi connectivity index (χ3n) is 3.02. The van der Waals surface area contributed by atoms with E-state index in [0.29, 0.717) is 10.7 Å². The largest absolute Gasteiger partial charge is 0.324 e. The Morgan fingerprint density at radius 3 is 2.75 bits per heavy atom. The van der Waals surface area contributed by atoms with Gasteiger partial charge in [-0.15, -0.1) is 0 Å². The summed E-state index contributed by atoms with van der Waals surface area (Å²) in [6, 6.07) is 5.42. The van der Waals surface area contributed by atoms with Crippen LogP contribution in [0.15, 0.2) is 22.7 Å². The SMILES string of the molecule is CC1(C)CC1C(=O)Nc1cc(Br)ccc1Cl. The second-order valence-corrected chi connectivity index (χ2v) is 6.18. The molecule has 0 heterocycles. The molecule has 1 saturated carbocycles. The second-order valence-electron chi connectivity index (χ2n) is 4.86. The fraction of sp³-hybridized carbons (Fsp3) is 0.417. The van der Waals surface area contributed by atoms with Crippen LogP contribution in [0.5, 0.6) is 0 Å². The molecule has 0 aromatic heterocycles. The van der Waals surface area contributed by atoms with Crippen molar-refractivity contribution in [2.24, 2.45) is 11.3 Å². The molecule has 1 unspecified atom stereocenters. The molecule has 1 aromatic rings. The molecule has 2 nitrogen and oxygen atoms in total. The van der Waals surface area contributed by atoms with Crippen LogP contribution in [0, 0.1) is 11.3 Å². The minimum atomic E-state index is 0.0602. The lowest BCUT2D eigenvalue weighted by molar-refractivity contribution is -0.117. The van der Waals surface area contributed by atoms with Crippen molar-refractivity contribution in [3.05, 3.63) is 27.7 Å². The van der Waals surface area contributed by atoms with Crippen molar-refractivity contribution in [1.29, 1.82) is 0 Å². The first kappa shape index (κ1) is 11.9. The number of hydrogen-bond donors (Lipinski definition) is 1. The molecule has 1 aromatic carbocycles. The molecule has 16 heavy (non-hydrogen) atoms. The number of carbonyl (C=O) groups excluding carboxylic acids is 1. The van der Waals surface area contributed by atoms with Crippen LogP contribution in [0.25, 0.3) is 0 Å². The molecule has 0 saturated heterocycles. The quantitative estimate of drug-likeness (QED) is 0.876. The topological polar surface area (TPSA) is 29.1 Å². The Labute approximate surface area is 108 Å². The molecule has 0 radical (unpaired) electrons. The predicted molar refractivity (Wildman–Crippen MR) is 69.7 cm³/mol. The zero-order valence-electron chi connectivity index (χ0n) is 9.18. The minimum absolute atomic E-state index is 0.0602. The van der Waals surface area contributed by atoms with E-state index in [1.165, 1.54) is 0 Å². The van der Waals surface area contributed by atoms with Gasteiger partial charge in [0.15, 0.2) is 0 Å². The highest BCUT2D eigenvalue weighted by Crippen LogP contribution is 2.52. The molecule has 86 valence electrons. The minimum Gasteiger partial charge on any atom is -0.324 e. The van der Waals surface area contributed by atoms with E-state index in [4.69, 9.17) is 11.6 Å². The van der Waals surface area contributed by atoms with Gasteiger partial charge in [-0.25, -0.2) is 0 Å². The zero-order valence-corrected chi connectivity index (χ0v) is 11.5. The molecule has 1 N–H and O–H groups in total. The van der Waals surface area contributed by atoms with Crippen molar-refractivity contribution in [2.45, 2.75) is 20.3 Å². The van der Waals surface area contributed by atoms with Crippen LogP contribution in [0.4, 0.5) is 5.69 Å². The van der Waals surface area contributed by atoms with Crippen LogP contribution in [0.2, 0.25) is 5.02 Å². The fourth-order valence-corrected chi connectivity index (χ4v) is 2.25. The van der Waals surface area contributed by atoms with Gasteiger partial charge in [0.05, 0.1) is 10.7 Å². The summed E-state index contributed by atoms with van der Waals surface area (Å²) in [5, 5.41) is 3.43. The van der Waals surface area contributed by atoms with Crippen molar-refractivity contribution >= 4 is 39.1 Å². The summed E-state index contributed by atoms with van der Waals surface area (Å²) >= 11 is 9.35. The maximum absolute atomic E-state index is 11.9. The number of anilines is 1. The van der Waals surface area contributed by atoms with Crippen molar-refractivity contribution in [3.63, 3.8) is 0 Å². The summed E-state index contributed by atoms with van der Waals surface area (Å²) in [5.74, 6) is 0.174. The van der Waals surface area contributed by atoms with Crippen molar-refractivity contribution in [3.8, 4) is 0 Å². The monoisotopic (exact) mass is 301 g/mol. The van der Waals surface area contributed by atoms with E-state index in [0.717, 1.165) is 10.9 Å². The fourth-order valence-electron chi connectivity index (χ4n) is 1.73. The summed E-state index contributed by atoms with van der Waals surface area (Å²) in [5.41, 5.74) is 0.812. The van der Waals surface area contributed by atoms with Crippen LogP contribution in [0.1, 0.15) is 20.3 Å². The first-order valence-corrected chi connectivity index (χ1v) is 6.33. The highest BCUT2D eigenvalue weighted by molar-refractivity contribution is 9.10. The molecule has 1 atom stereocenters. The highest BCUT2D eigenvalue weighted by atomic mass is 79.9. The molecule has 2 rings (SSSR count). The lowest BCUT2D eigenvalue weighted by atomic mass is 10.1.